The summed E-state index contributed by atoms with van der Waals surface area (Å²) in [4.78, 5) is 26.3. The number of hydrogen-bond donors (Lipinski definition) is 1. The topological polar surface area (TPSA) is 84.8 Å². The number of piperazine rings is 1. The summed E-state index contributed by atoms with van der Waals surface area (Å²) in [5, 5.41) is 2.93. The number of benzene rings is 1. The van der Waals surface area contributed by atoms with E-state index in [-0.39, 0.29) is 17.9 Å². The Morgan fingerprint density at radius 3 is 2.57 bits per heavy atom. The molecule has 3 aliphatic heterocycles. The van der Waals surface area contributed by atoms with Gasteiger partial charge >= 0.3 is 0 Å². The Kier molecular flexibility index (Phi) is 5.77. The lowest BCUT2D eigenvalue weighted by molar-refractivity contribution is -0.119. The number of hydrogen-bond acceptors (Lipinski definition) is 7. The van der Waals surface area contributed by atoms with Crippen LogP contribution in [0, 0.1) is 5.92 Å². The Bertz CT molecular complexity index is 1290. The molecular formula is C28H34N6O3. The summed E-state index contributed by atoms with van der Waals surface area (Å²) in [6, 6.07) is 9.60. The molecule has 2 aromatic heterocycles. The summed E-state index contributed by atoms with van der Waals surface area (Å²) < 4.78 is 14.2. The van der Waals surface area contributed by atoms with E-state index in [2.05, 4.69) is 50.9 Å². The predicted molar refractivity (Wildman–Crippen MR) is 141 cm³/mol. The molecule has 1 saturated carbocycles. The first kappa shape index (κ1) is 23.0. The molecular weight excluding hydrogens is 468 g/mol. The first-order valence-electron chi connectivity index (χ1n) is 13.6. The molecule has 0 bridgehead atoms. The smallest absolute Gasteiger partial charge is 0.220 e. The molecule has 9 heteroatoms. The van der Waals surface area contributed by atoms with Gasteiger partial charge in [0.15, 0.2) is 0 Å². The molecule has 0 spiro atoms. The Morgan fingerprint density at radius 2 is 1.92 bits per heavy atom. The molecule has 4 aliphatic rings. The van der Waals surface area contributed by atoms with Gasteiger partial charge in [-0.15, -0.1) is 0 Å². The molecule has 3 aromatic rings. The lowest BCUT2D eigenvalue weighted by Gasteiger charge is -2.43. The van der Waals surface area contributed by atoms with Gasteiger partial charge in [-0.05, 0) is 44.0 Å². The quantitative estimate of drug-likeness (QED) is 0.532. The molecule has 37 heavy (non-hydrogen) atoms. The molecule has 5 heterocycles. The number of amides is 1. The Balaban J connectivity index is 1.13. The highest BCUT2D eigenvalue weighted by Gasteiger charge is 2.31. The average molecular weight is 503 g/mol. The number of carbonyl (C=O) groups is 1. The van der Waals surface area contributed by atoms with Crippen molar-refractivity contribution in [1.29, 1.82) is 0 Å². The maximum absolute atomic E-state index is 11.8. The summed E-state index contributed by atoms with van der Waals surface area (Å²) in [7, 11) is 0. The molecule has 1 aliphatic carbocycles. The van der Waals surface area contributed by atoms with Crippen LogP contribution in [0.3, 0.4) is 0 Å². The van der Waals surface area contributed by atoms with Crippen LogP contribution >= 0.6 is 0 Å². The molecule has 1 amide bonds. The number of nitrogens with zero attached hydrogens (tertiary/aromatic N) is 5. The van der Waals surface area contributed by atoms with Gasteiger partial charge in [0, 0.05) is 56.7 Å². The van der Waals surface area contributed by atoms with Crippen molar-refractivity contribution >= 4 is 22.6 Å². The third-order valence-corrected chi connectivity index (χ3v) is 8.42. The minimum atomic E-state index is -0.0829. The van der Waals surface area contributed by atoms with Crippen molar-refractivity contribution in [3.05, 3.63) is 36.8 Å². The number of anilines is 1. The molecule has 0 radical (unpaired) electrons. The van der Waals surface area contributed by atoms with E-state index in [4.69, 9.17) is 19.4 Å². The summed E-state index contributed by atoms with van der Waals surface area (Å²) in [6.07, 6.45) is 6.71. The standard InChI is InChI=1S/C28H34N6O3/c1-18(20-12-27(35)30-13-20)37-26-11-19(10-25-28(26)34(17-31-25)21-2-3-21)24-5-4-22(14-29-24)32-6-8-33(9-7-32)23-15-36-16-23/h4-5,10-11,14,17-18,20-21,23H,2-3,6-9,12-13,15-16H2,1H3,(H,30,35). The highest BCUT2D eigenvalue weighted by atomic mass is 16.5. The van der Waals surface area contributed by atoms with Crippen LogP contribution in [0.25, 0.3) is 22.3 Å². The van der Waals surface area contributed by atoms with Crippen LogP contribution in [0.1, 0.15) is 32.2 Å². The number of rotatable bonds is 7. The van der Waals surface area contributed by atoms with Crippen LogP contribution in [-0.2, 0) is 9.53 Å². The zero-order valence-corrected chi connectivity index (χ0v) is 21.3. The second-order valence-corrected chi connectivity index (χ2v) is 10.9. The second kappa shape index (κ2) is 9.29. The molecule has 9 nitrogen and oxygen atoms in total. The lowest BCUT2D eigenvalue weighted by atomic mass is 10.0. The van der Waals surface area contributed by atoms with Crippen molar-refractivity contribution < 1.29 is 14.3 Å². The number of aromatic nitrogens is 3. The normalized spacial score (nSPS) is 23.8. The van der Waals surface area contributed by atoms with Gasteiger partial charge in [-0.25, -0.2) is 4.98 Å². The van der Waals surface area contributed by atoms with E-state index in [1.165, 1.54) is 12.8 Å². The number of nitrogens with one attached hydrogen (secondary N) is 1. The van der Waals surface area contributed by atoms with Crippen molar-refractivity contribution in [2.24, 2.45) is 5.92 Å². The van der Waals surface area contributed by atoms with Crippen LogP contribution in [0.2, 0.25) is 0 Å². The number of imidazole rings is 1. The minimum Gasteiger partial charge on any atom is -0.488 e. The number of pyridine rings is 1. The lowest BCUT2D eigenvalue weighted by Crippen LogP contribution is -2.56. The Hall–Kier alpha value is -3.17. The van der Waals surface area contributed by atoms with Crippen LogP contribution < -0.4 is 15.0 Å². The van der Waals surface area contributed by atoms with E-state index in [1.54, 1.807) is 0 Å². The highest BCUT2D eigenvalue weighted by molar-refractivity contribution is 5.88. The van der Waals surface area contributed by atoms with Gasteiger partial charge in [0.2, 0.25) is 5.91 Å². The molecule has 4 fully saturated rings. The summed E-state index contributed by atoms with van der Waals surface area (Å²) in [6.45, 7) is 8.63. The summed E-state index contributed by atoms with van der Waals surface area (Å²) >= 11 is 0. The molecule has 7 rings (SSSR count). The molecule has 1 N–H and O–H groups in total. The summed E-state index contributed by atoms with van der Waals surface area (Å²) in [5.74, 6) is 1.09. The maximum Gasteiger partial charge on any atom is 0.220 e. The van der Waals surface area contributed by atoms with Gasteiger partial charge in [-0.3, -0.25) is 14.7 Å². The number of ether oxygens (including phenoxy) is 2. The highest BCUT2D eigenvalue weighted by Crippen LogP contribution is 2.41. The van der Waals surface area contributed by atoms with Crippen LogP contribution in [-0.4, -0.2) is 83.4 Å². The third-order valence-electron chi connectivity index (χ3n) is 8.42. The van der Waals surface area contributed by atoms with Gasteiger partial charge in [0.05, 0.1) is 48.7 Å². The van der Waals surface area contributed by atoms with E-state index in [0.29, 0.717) is 25.0 Å². The third kappa shape index (κ3) is 4.44. The van der Waals surface area contributed by atoms with E-state index in [0.717, 1.165) is 73.1 Å². The van der Waals surface area contributed by atoms with Crippen molar-refractivity contribution in [1.82, 2.24) is 24.8 Å². The zero-order valence-electron chi connectivity index (χ0n) is 21.3. The van der Waals surface area contributed by atoms with Crippen molar-refractivity contribution in [2.45, 2.75) is 44.4 Å². The zero-order chi connectivity index (χ0) is 24.9. The number of carbonyl (C=O) groups excluding carboxylic acids is 1. The molecule has 2 unspecified atom stereocenters. The molecule has 3 saturated heterocycles. The van der Waals surface area contributed by atoms with E-state index in [9.17, 15) is 4.79 Å². The fourth-order valence-electron chi connectivity index (χ4n) is 5.78. The SMILES string of the molecule is CC(Oc1cc(-c2ccc(N3CCN(C4COC4)CC3)cn2)cc2ncn(C3CC3)c12)C1CNC(=O)C1. The van der Waals surface area contributed by atoms with Gasteiger partial charge in [-0.2, -0.15) is 0 Å². The van der Waals surface area contributed by atoms with Crippen molar-refractivity contribution in [3.63, 3.8) is 0 Å². The molecule has 2 atom stereocenters. The second-order valence-electron chi connectivity index (χ2n) is 10.9. The molecule has 1 aromatic carbocycles. The average Bonchev–Trinajstić information content (AvgIpc) is 3.48. The monoisotopic (exact) mass is 502 g/mol. The van der Waals surface area contributed by atoms with Gasteiger partial charge in [-0.1, -0.05) is 0 Å². The Morgan fingerprint density at radius 1 is 1.08 bits per heavy atom. The van der Waals surface area contributed by atoms with Crippen molar-refractivity contribution in [3.8, 4) is 17.0 Å². The first-order chi connectivity index (χ1) is 18.1. The largest absolute Gasteiger partial charge is 0.488 e. The van der Waals surface area contributed by atoms with Gasteiger partial charge in [0.1, 0.15) is 17.4 Å². The Labute approximate surface area is 216 Å². The van der Waals surface area contributed by atoms with E-state index >= 15 is 0 Å². The minimum absolute atomic E-state index is 0.0829. The first-order valence-corrected chi connectivity index (χ1v) is 13.6. The summed E-state index contributed by atoms with van der Waals surface area (Å²) in [5.41, 5.74) is 5.04. The number of fused-ring (bicyclic) bond motifs is 1. The van der Waals surface area contributed by atoms with Crippen LogP contribution in [0.15, 0.2) is 36.8 Å². The van der Waals surface area contributed by atoms with Crippen LogP contribution in [0.4, 0.5) is 5.69 Å². The van der Waals surface area contributed by atoms with Crippen LogP contribution in [0.5, 0.6) is 5.75 Å². The predicted octanol–water partition coefficient (Wildman–Crippen LogP) is 2.86. The van der Waals surface area contributed by atoms with Gasteiger partial charge < -0.3 is 24.3 Å². The van der Waals surface area contributed by atoms with E-state index in [1.807, 2.05) is 12.5 Å². The fourth-order valence-corrected chi connectivity index (χ4v) is 5.78. The molecule has 194 valence electrons. The van der Waals surface area contributed by atoms with Crippen molar-refractivity contribution in [2.75, 3.05) is 50.8 Å². The van der Waals surface area contributed by atoms with E-state index < -0.39 is 0 Å². The van der Waals surface area contributed by atoms with Gasteiger partial charge in [0.25, 0.3) is 0 Å². The maximum atomic E-state index is 11.8. The fraction of sp³-hybridized carbons (Fsp3) is 0.536.